The van der Waals surface area contributed by atoms with Gasteiger partial charge in [-0.2, -0.15) is 13.9 Å². The molecule has 10 heteroatoms. The molecule has 1 aliphatic heterocycles. The molecule has 3 heterocycles. The monoisotopic (exact) mass is 551 g/mol. The van der Waals surface area contributed by atoms with Crippen molar-refractivity contribution in [3.05, 3.63) is 88.7 Å². The first-order valence-corrected chi connectivity index (χ1v) is 13.0. The third-order valence-corrected chi connectivity index (χ3v) is 7.34. The number of aromatic nitrogens is 3. The van der Waals surface area contributed by atoms with Crippen molar-refractivity contribution in [2.75, 3.05) is 13.6 Å². The highest BCUT2D eigenvalue weighted by molar-refractivity contribution is 5.87. The van der Waals surface area contributed by atoms with Gasteiger partial charge in [0.15, 0.2) is 0 Å². The molecule has 2 aromatic heterocycles. The Morgan fingerprint density at radius 1 is 1.23 bits per heavy atom. The molecular weight excluding hydrogens is 522 g/mol. The van der Waals surface area contributed by atoms with E-state index in [2.05, 4.69) is 22.1 Å². The van der Waals surface area contributed by atoms with E-state index in [0.717, 1.165) is 23.6 Å². The van der Waals surface area contributed by atoms with Crippen LogP contribution in [0.5, 0.6) is 0 Å². The van der Waals surface area contributed by atoms with Crippen LogP contribution in [0, 0.1) is 0 Å². The van der Waals surface area contributed by atoms with Crippen LogP contribution in [0.2, 0.25) is 0 Å². The lowest BCUT2D eigenvalue weighted by molar-refractivity contribution is -0.117. The number of carbonyl (C=O) groups is 1. The van der Waals surface area contributed by atoms with Gasteiger partial charge < -0.3 is 5.32 Å². The quantitative estimate of drug-likeness (QED) is 0.205. The Kier molecular flexibility index (Phi) is 7.46. The van der Waals surface area contributed by atoms with Crippen LogP contribution in [0.1, 0.15) is 52.9 Å². The SMILES string of the molecule is C=CC(=O)N[C@H](C)c1cc(-c2nc(-c3ccc4c(c3)CN(C)CC4(F)F)c3c(c2C=C(F)/C=C/F)CCC3)n[nH]1. The summed E-state index contributed by atoms with van der Waals surface area (Å²) in [6.45, 7) is 5.27. The molecule has 3 aromatic rings. The van der Waals surface area contributed by atoms with Crippen molar-refractivity contribution in [3.8, 4) is 22.6 Å². The van der Waals surface area contributed by atoms with Crippen LogP contribution in [-0.4, -0.2) is 39.6 Å². The first-order chi connectivity index (χ1) is 19.1. The topological polar surface area (TPSA) is 73.9 Å². The van der Waals surface area contributed by atoms with Gasteiger partial charge in [-0.05, 0) is 74.2 Å². The zero-order valence-corrected chi connectivity index (χ0v) is 22.2. The summed E-state index contributed by atoms with van der Waals surface area (Å²) in [6, 6.07) is 6.17. The van der Waals surface area contributed by atoms with Gasteiger partial charge in [0, 0.05) is 29.3 Å². The third-order valence-electron chi connectivity index (χ3n) is 7.34. The van der Waals surface area contributed by atoms with Crippen molar-refractivity contribution in [2.24, 2.45) is 0 Å². The van der Waals surface area contributed by atoms with E-state index in [1.807, 2.05) is 0 Å². The average Bonchev–Trinajstić information content (AvgIpc) is 3.58. The summed E-state index contributed by atoms with van der Waals surface area (Å²) in [5, 5.41) is 10.1. The molecule has 208 valence electrons. The predicted molar refractivity (Wildman–Crippen MR) is 146 cm³/mol. The van der Waals surface area contributed by atoms with Crippen molar-refractivity contribution in [1.29, 1.82) is 0 Å². The van der Waals surface area contributed by atoms with Crippen LogP contribution in [-0.2, 0) is 30.1 Å². The highest BCUT2D eigenvalue weighted by atomic mass is 19.3. The number of pyridine rings is 1. The number of aromatic amines is 1. The summed E-state index contributed by atoms with van der Waals surface area (Å²) < 4.78 is 56.9. The Labute approximate surface area is 229 Å². The molecule has 0 saturated carbocycles. The fourth-order valence-electron chi connectivity index (χ4n) is 5.55. The van der Waals surface area contributed by atoms with E-state index < -0.39 is 17.8 Å². The Hall–Kier alpha value is -4.05. The first-order valence-electron chi connectivity index (χ1n) is 13.0. The lowest BCUT2D eigenvalue weighted by atomic mass is 9.91. The number of carbonyl (C=O) groups excluding carboxylic acids is 1. The molecule has 2 aliphatic rings. The van der Waals surface area contributed by atoms with Gasteiger partial charge >= 0.3 is 0 Å². The summed E-state index contributed by atoms with van der Waals surface area (Å²) in [7, 11) is 1.66. The number of H-pyrrole nitrogens is 1. The zero-order valence-electron chi connectivity index (χ0n) is 22.2. The van der Waals surface area contributed by atoms with E-state index in [4.69, 9.17) is 4.98 Å². The highest BCUT2D eigenvalue weighted by Gasteiger charge is 2.39. The standard InChI is InChI=1S/C30H29F4N5O/c1-4-27(40)35-17(2)25-14-26(38-37-25)29-23(13-20(32)10-11-31)21-6-5-7-22(21)28(36-29)18-8-9-24-19(12-18)15-39(3)16-30(24,33)34/h4,8-14,17H,1,5-7,15-16H2,2-3H3,(H,35,40)(H,37,38)/b11-10+,20-13?/t17-/m1/s1. The van der Waals surface area contributed by atoms with E-state index in [-0.39, 0.29) is 24.3 Å². The van der Waals surface area contributed by atoms with Gasteiger partial charge in [0.05, 0.1) is 36.0 Å². The number of halogens is 4. The minimum absolute atomic E-state index is 0.0124. The maximum absolute atomic E-state index is 14.7. The molecule has 1 amide bonds. The van der Waals surface area contributed by atoms with E-state index in [0.29, 0.717) is 58.9 Å². The molecule has 0 spiro atoms. The number of allylic oxidation sites excluding steroid dienone is 2. The average molecular weight is 552 g/mol. The van der Waals surface area contributed by atoms with Crippen molar-refractivity contribution >= 4 is 12.0 Å². The summed E-state index contributed by atoms with van der Waals surface area (Å²) in [5.74, 6) is -4.09. The summed E-state index contributed by atoms with van der Waals surface area (Å²) in [6.07, 6.45) is 5.39. The second-order valence-electron chi connectivity index (χ2n) is 10.2. The number of fused-ring (bicyclic) bond motifs is 2. The van der Waals surface area contributed by atoms with Gasteiger partial charge in [-0.3, -0.25) is 14.8 Å². The van der Waals surface area contributed by atoms with Crippen molar-refractivity contribution in [3.63, 3.8) is 0 Å². The summed E-state index contributed by atoms with van der Waals surface area (Å²) in [5.41, 5.74) is 5.46. The smallest absolute Gasteiger partial charge is 0.285 e. The van der Waals surface area contributed by atoms with Gasteiger partial charge in [-0.25, -0.2) is 13.8 Å². The highest BCUT2D eigenvalue weighted by Crippen LogP contribution is 2.42. The molecule has 0 radical (unpaired) electrons. The molecule has 40 heavy (non-hydrogen) atoms. The number of hydrogen-bond donors (Lipinski definition) is 2. The molecule has 1 aromatic carbocycles. The first kappa shape index (κ1) is 27.5. The number of nitrogens with one attached hydrogen (secondary N) is 2. The minimum Gasteiger partial charge on any atom is -0.345 e. The zero-order chi connectivity index (χ0) is 28.6. The number of benzene rings is 1. The van der Waals surface area contributed by atoms with Crippen LogP contribution in [0.3, 0.4) is 0 Å². The fourth-order valence-corrected chi connectivity index (χ4v) is 5.55. The van der Waals surface area contributed by atoms with Crippen LogP contribution in [0.15, 0.2) is 55.2 Å². The van der Waals surface area contributed by atoms with Crippen LogP contribution < -0.4 is 5.32 Å². The summed E-state index contributed by atoms with van der Waals surface area (Å²) in [4.78, 5) is 18.3. The fraction of sp³-hybridized carbons (Fsp3) is 0.300. The van der Waals surface area contributed by atoms with Crippen LogP contribution in [0.4, 0.5) is 17.6 Å². The third kappa shape index (κ3) is 5.23. The maximum atomic E-state index is 14.7. The number of rotatable bonds is 7. The van der Waals surface area contributed by atoms with Gasteiger partial charge in [0.2, 0.25) is 5.91 Å². The molecule has 0 fully saturated rings. The second-order valence-corrected chi connectivity index (χ2v) is 10.2. The Bertz CT molecular complexity index is 1540. The Morgan fingerprint density at radius 2 is 2.00 bits per heavy atom. The Balaban J connectivity index is 1.68. The van der Waals surface area contributed by atoms with Gasteiger partial charge in [-0.15, -0.1) is 0 Å². The molecule has 1 atom stereocenters. The predicted octanol–water partition coefficient (Wildman–Crippen LogP) is 6.32. The number of likely N-dealkylation sites (N-methyl/N-ethyl adjacent to an activating group) is 1. The largest absolute Gasteiger partial charge is 0.345 e. The Morgan fingerprint density at radius 3 is 2.75 bits per heavy atom. The second kappa shape index (κ2) is 10.8. The molecule has 2 N–H and O–H groups in total. The lowest BCUT2D eigenvalue weighted by Gasteiger charge is -2.32. The maximum Gasteiger partial charge on any atom is 0.285 e. The minimum atomic E-state index is -2.96. The van der Waals surface area contributed by atoms with Gasteiger partial charge in [0.25, 0.3) is 5.92 Å². The molecule has 0 bridgehead atoms. The molecule has 5 rings (SSSR count). The van der Waals surface area contributed by atoms with E-state index in [1.165, 1.54) is 18.2 Å². The van der Waals surface area contributed by atoms with Crippen LogP contribution in [0.25, 0.3) is 28.7 Å². The molecule has 0 unspecified atom stereocenters. The normalized spacial score (nSPS) is 17.5. The molecular formula is C30H29F4N5O. The summed E-state index contributed by atoms with van der Waals surface area (Å²) >= 11 is 0. The van der Waals surface area contributed by atoms with E-state index in [9.17, 15) is 22.4 Å². The van der Waals surface area contributed by atoms with E-state index in [1.54, 1.807) is 37.1 Å². The molecule has 6 nitrogen and oxygen atoms in total. The van der Waals surface area contributed by atoms with Crippen molar-refractivity contribution in [2.45, 2.75) is 44.7 Å². The number of alkyl halides is 2. The van der Waals surface area contributed by atoms with E-state index >= 15 is 0 Å². The van der Waals surface area contributed by atoms with Crippen molar-refractivity contribution in [1.82, 2.24) is 25.4 Å². The number of nitrogens with zero attached hydrogens (tertiary/aromatic N) is 3. The van der Waals surface area contributed by atoms with Gasteiger partial charge in [-0.1, -0.05) is 18.7 Å². The molecule has 1 aliphatic carbocycles. The van der Waals surface area contributed by atoms with Crippen LogP contribution >= 0.6 is 0 Å². The lowest BCUT2D eigenvalue weighted by Crippen LogP contribution is -2.38. The molecule has 0 saturated heterocycles. The number of hydrogen-bond acceptors (Lipinski definition) is 4. The number of amides is 1. The van der Waals surface area contributed by atoms with Crippen molar-refractivity contribution < 1.29 is 22.4 Å². The van der Waals surface area contributed by atoms with Gasteiger partial charge in [0.1, 0.15) is 11.5 Å².